The molecule has 0 nitrogen and oxygen atoms in total. The number of benzene rings is 3. The van der Waals surface area contributed by atoms with Crippen molar-refractivity contribution in [2.75, 3.05) is 0 Å². The van der Waals surface area contributed by atoms with E-state index in [1.54, 1.807) is 9.81 Å². The molecule has 0 aliphatic rings. The normalized spacial score (nSPS) is 11.4. The summed E-state index contributed by atoms with van der Waals surface area (Å²) in [4.78, 5) is 0. The van der Waals surface area contributed by atoms with Gasteiger partial charge in [0.05, 0.1) is 0 Å². The molecule has 0 aromatic heterocycles. The van der Waals surface area contributed by atoms with Crippen molar-refractivity contribution in [2.24, 2.45) is 0 Å². The topological polar surface area (TPSA) is 0 Å². The summed E-state index contributed by atoms with van der Waals surface area (Å²) in [5, 5.41) is 0. The summed E-state index contributed by atoms with van der Waals surface area (Å²) in [7, 11) is 0. The van der Waals surface area contributed by atoms with Crippen molar-refractivity contribution in [3.8, 4) is 0 Å². The molecule has 0 bridgehead atoms. The van der Waals surface area contributed by atoms with Crippen LogP contribution in [0.15, 0.2) is 72.8 Å². The standard InChI is InChI=1S/3C12H17.Bi/c3*1-2-3-4-6-9-12-10-7-5-8-11-12;/h3*7-8,10-11H,2-4,6,9H2,1H3;. The average Bonchev–Trinajstić information content (AvgIpc) is 2.94. The van der Waals surface area contributed by atoms with E-state index in [-0.39, 0.29) is 0 Å². The Morgan fingerprint density at radius 3 is 0.865 bits per heavy atom. The van der Waals surface area contributed by atoms with E-state index in [4.69, 9.17) is 0 Å². The second-order valence-electron chi connectivity index (χ2n) is 10.8. The monoisotopic (exact) mass is 692 g/mol. The van der Waals surface area contributed by atoms with Crippen molar-refractivity contribution < 1.29 is 0 Å². The van der Waals surface area contributed by atoms with Gasteiger partial charge in [-0.25, -0.2) is 0 Å². The predicted octanol–water partition coefficient (Wildman–Crippen LogP) is 8.57. The number of aryl methyl sites for hydroxylation is 3. The second-order valence-corrected chi connectivity index (χ2v) is 19.4. The van der Waals surface area contributed by atoms with E-state index in [2.05, 4.69) is 93.6 Å². The Hall–Kier alpha value is -1.46. The molecule has 37 heavy (non-hydrogen) atoms. The third-order valence-electron chi connectivity index (χ3n) is 7.54. The first kappa shape index (κ1) is 30.1. The fourth-order valence-electron chi connectivity index (χ4n) is 5.15. The van der Waals surface area contributed by atoms with E-state index in [0.29, 0.717) is 0 Å². The molecule has 1 heteroatoms. The molecule has 3 rings (SSSR count). The van der Waals surface area contributed by atoms with Crippen molar-refractivity contribution >= 4 is 31.6 Å². The van der Waals surface area contributed by atoms with Crippen LogP contribution in [-0.4, -0.2) is 21.8 Å². The average molecular weight is 693 g/mol. The van der Waals surface area contributed by atoms with Gasteiger partial charge >= 0.3 is 238 Å². The Balaban J connectivity index is 1.77. The summed E-state index contributed by atoms with van der Waals surface area (Å²) < 4.78 is 4.83. The van der Waals surface area contributed by atoms with E-state index in [1.165, 1.54) is 113 Å². The summed E-state index contributed by atoms with van der Waals surface area (Å²) in [6.45, 7) is 6.87. The Morgan fingerprint density at radius 2 is 0.622 bits per heavy atom. The molecule has 0 radical (unpaired) electrons. The van der Waals surface area contributed by atoms with Crippen LogP contribution >= 0.6 is 0 Å². The van der Waals surface area contributed by atoms with Crippen molar-refractivity contribution in [3.05, 3.63) is 89.5 Å². The third-order valence-corrected chi connectivity index (χ3v) is 17.0. The maximum atomic E-state index is 2.48. The molecule has 0 spiro atoms. The Bertz CT molecular complexity index is 837. The SMILES string of the molecule is CCCCCCc1cc[c]([Bi]([c]2ccc(CCCCCC)cc2)[c]2ccc(CCCCCC)cc2)cc1. The Morgan fingerprint density at radius 1 is 0.351 bits per heavy atom. The van der Waals surface area contributed by atoms with Gasteiger partial charge in [0.15, 0.2) is 0 Å². The molecule has 0 fully saturated rings. The molecular formula is C36H51Bi. The molecule has 0 unspecified atom stereocenters. The quantitative estimate of drug-likeness (QED) is 0.0926. The van der Waals surface area contributed by atoms with Crippen LogP contribution in [0.5, 0.6) is 0 Å². The van der Waals surface area contributed by atoms with Crippen molar-refractivity contribution in [3.63, 3.8) is 0 Å². The van der Waals surface area contributed by atoms with Gasteiger partial charge < -0.3 is 0 Å². The van der Waals surface area contributed by atoms with Gasteiger partial charge in [-0.3, -0.25) is 0 Å². The fourth-order valence-corrected chi connectivity index (χ4v) is 13.8. The second kappa shape index (κ2) is 17.9. The van der Waals surface area contributed by atoms with E-state index in [9.17, 15) is 0 Å². The molecule has 0 saturated heterocycles. The molecule has 0 N–H and O–H groups in total. The van der Waals surface area contributed by atoms with Crippen LogP contribution in [0.2, 0.25) is 0 Å². The molecular weight excluding hydrogens is 641 g/mol. The van der Waals surface area contributed by atoms with Gasteiger partial charge in [-0.2, -0.15) is 0 Å². The minimum atomic E-state index is -2.31. The van der Waals surface area contributed by atoms with Gasteiger partial charge in [0.2, 0.25) is 0 Å². The van der Waals surface area contributed by atoms with Gasteiger partial charge in [0.1, 0.15) is 0 Å². The molecule has 0 amide bonds. The summed E-state index contributed by atoms with van der Waals surface area (Å²) in [6, 6.07) is 29.4. The summed E-state index contributed by atoms with van der Waals surface area (Å²) >= 11 is -2.31. The third kappa shape index (κ3) is 10.7. The number of hydrogen-bond acceptors (Lipinski definition) is 0. The summed E-state index contributed by atoms with van der Waals surface area (Å²) in [5.74, 6) is 0. The molecule has 200 valence electrons. The van der Waals surface area contributed by atoms with Crippen LogP contribution < -0.4 is 9.81 Å². The minimum absolute atomic E-state index is 1.22. The van der Waals surface area contributed by atoms with Crippen molar-refractivity contribution in [1.82, 2.24) is 0 Å². The Kier molecular flexibility index (Phi) is 14.6. The summed E-state index contributed by atoms with van der Waals surface area (Å²) in [5.41, 5.74) is 4.52. The van der Waals surface area contributed by atoms with Crippen molar-refractivity contribution in [1.29, 1.82) is 0 Å². The molecule has 0 aliphatic carbocycles. The van der Waals surface area contributed by atoms with Gasteiger partial charge in [-0.15, -0.1) is 0 Å². The summed E-state index contributed by atoms with van der Waals surface area (Å²) in [6.07, 6.45) is 19.7. The van der Waals surface area contributed by atoms with E-state index < -0.39 is 21.8 Å². The van der Waals surface area contributed by atoms with Crippen LogP contribution in [0.1, 0.15) is 115 Å². The van der Waals surface area contributed by atoms with Gasteiger partial charge in [-0.05, 0) is 0 Å². The van der Waals surface area contributed by atoms with E-state index in [0.717, 1.165) is 0 Å². The molecule has 3 aromatic rings. The van der Waals surface area contributed by atoms with Crippen LogP contribution in [0.4, 0.5) is 0 Å². The fraction of sp³-hybridized carbons (Fsp3) is 0.500. The van der Waals surface area contributed by atoms with Gasteiger partial charge in [0, 0.05) is 0 Å². The number of unbranched alkanes of at least 4 members (excludes halogenated alkanes) is 9. The van der Waals surface area contributed by atoms with E-state index in [1.807, 2.05) is 0 Å². The molecule has 0 heterocycles. The van der Waals surface area contributed by atoms with E-state index >= 15 is 0 Å². The molecule has 0 saturated carbocycles. The Labute approximate surface area is 237 Å². The zero-order valence-electron chi connectivity index (χ0n) is 24.0. The van der Waals surface area contributed by atoms with Crippen LogP contribution in [-0.2, 0) is 19.3 Å². The van der Waals surface area contributed by atoms with Gasteiger partial charge in [0.25, 0.3) is 0 Å². The first-order valence-electron chi connectivity index (χ1n) is 15.3. The van der Waals surface area contributed by atoms with Crippen molar-refractivity contribution in [2.45, 2.75) is 117 Å². The van der Waals surface area contributed by atoms with Crippen LogP contribution in [0.3, 0.4) is 0 Å². The maximum absolute atomic E-state index is 2.48. The first-order valence-corrected chi connectivity index (χ1v) is 20.5. The zero-order valence-corrected chi connectivity index (χ0v) is 27.5. The van der Waals surface area contributed by atoms with Crippen LogP contribution in [0.25, 0.3) is 0 Å². The predicted molar refractivity (Wildman–Crippen MR) is 168 cm³/mol. The molecule has 0 aliphatic heterocycles. The number of rotatable bonds is 18. The number of hydrogen-bond donors (Lipinski definition) is 0. The molecule has 0 atom stereocenters. The zero-order chi connectivity index (χ0) is 26.1. The first-order chi connectivity index (χ1) is 18.2. The van der Waals surface area contributed by atoms with Gasteiger partial charge in [-0.1, -0.05) is 0 Å². The molecule has 3 aromatic carbocycles. The van der Waals surface area contributed by atoms with Crippen LogP contribution in [0, 0.1) is 0 Å².